The molecule has 10 nitrogen and oxygen atoms in total. The highest BCUT2D eigenvalue weighted by atomic mass is 32.2. The summed E-state index contributed by atoms with van der Waals surface area (Å²) >= 11 is 1.48. The summed E-state index contributed by atoms with van der Waals surface area (Å²) in [6.07, 6.45) is 7.59. The minimum absolute atomic E-state index is 0.157. The van der Waals surface area contributed by atoms with Crippen LogP contribution in [-0.2, 0) is 25.8 Å². The van der Waals surface area contributed by atoms with Crippen LogP contribution in [0.2, 0.25) is 0 Å². The predicted molar refractivity (Wildman–Crippen MR) is 131 cm³/mol. The third-order valence-corrected chi connectivity index (χ3v) is 9.59. The molecule has 188 valence electrons. The predicted octanol–water partition coefficient (Wildman–Crippen LogP) is 0.968. The number of thioether (sulfide) groups is 1. The summed E-state index contributed by atoms with van der Waals surface area (Å²) in [5.41, 5.74) is 1.52. The van der Waals surface area contributed by atoms with Gasteiger partial charge in [0, 0.05) is 11.3 Å². The number of cyclic esters (lactones) is 1. The van der Waals surface area contributed by atoms with E-state index >= 15 is 0 Å². The first-order chi connectivity index (χ1) is 17.3. The lowest BCUT2D eigenvalue weighted by Gasteiger charge is -2.38. The topological polar surface area (TPSA) is 118 Å². The van der Waals surface area contributed by atoms with E-state index in [9.17, 15) is 19.5 Å². The standard InChI is InChI=1S/C25H27N5O5S/c1-15(13-31)30-20-22(33)28(14-29-17-8-4-3-7-16(17)26-27-29)11-5-10-25(20)18(21(30)32)19-23(34)35-12-6-9-24(19,2)36-25/h3-10,15,18-20,31H,11-14H2,1-2H3/t15-,18+,19+,20?,24-,25+/m1/s1. The maximum Gasteiger partial charge on any atom is 0.311 e. The summed E-state index contributed by atoms with van der Waals surface area (Å²) < 4.78 is 5.42. The van der Waals surface area contributed by atoms with E-state index in [1.807, 2.05) is 49.4 Å². The quantitative estimate of drug-likeness (QED) is 0.479. The van der Waals surface area contributed by atoms with Gasteiger partial charge in [-0.25, -0.2) is 4.68 Å². The molecule has 0 aliphatic carbocycles. The Kier molecular flexibility index (Phi) is 5.27. The fourth-order valence-corrected chi connectivity index (χ4v) is 8.35. The summed E-state index contributed by atoms with van der Waals surface area (Å²) in [5, 5.41) is 18.4. The summed E-state index contributed by atoms with van der Waals surface area (Å²) in [5.74, 6) is -2.51. The van der Waals surface area contributed by atoms with Gasteiger partial charge in [0.05, 0.1) is 34.7 Å². The van der Waals surface area contributed by atoms with Crippen LogP contribution in [-0.4, -0.2) is 89.0 Å². The number of fused-ring (bicyclic) bond motifs is 3. The first kappa shape index (κ1) is 23.2. The van der Waals surface area contributed by atoms with Crippen LogP contribution in [0.25, 0.3) is 11.0 Å². The van der Waals surface area contributed by atoms with Crippen LogP contribution < -0.4 is 0 Å². The molecule has 0 bridgehead atoms. The Morgan fingerprint density at radius 1 is 1.17 bits per heavy atom. The second-order valence-electron chi connectivity index (χ2n) is 9.99. The van der Waals surface area contributed by atoms with E-state index in [0.717, 1.165) is 11.0 Å². The molecule has 4 aliphatic heterocycles. The van der Waals surface area contributed by atoms with Gasteiger partial charge in [0.1, 0.15) is 24.8 Å². The van der Waals surface area contributed by atoms with Crippen LogP contribution in [0.5, 0.6) is 0 Å². The Labute approximate surface area is 211 Å². The number of carbonyl (C=O) groups excluding carboxylic acids is 3. The molecule has 5 heterocycles. The van der Waals surface area contributed by atoms with Crippen molar-refractivity contribution in [1.82, 2.24) is 24.8 Å². The zero-order chi connectivity index (χ0) is 25.2. The van der Waals surface area contributed by atoms with Crippen LogP contribution >= 0.6 is 11.8 Å². The number of rotatable bonds is 4. The molecular formula is C25H27N5O5S. The van der Waals surface area contributed by atoms with Crippen molar-refractivity contribution in [2.45, 2.75) is 42.1 Å². The molecule has 2 saturated heterocycles. The number of aliphatic hydroxyl groups excluding tert-OH is 1. The fraction of sp³-hybridized carbons (Fsp3) is 0.480. The van der Waals surface area contributed by atoms with E-state index < -0.39 is 39.4 Å². The van der Waals surface area contributed by atoms with Crippen LogP contribution in [0.3, 0.4) is 0 Å². The van der Waals surface area contributed by atoms with E-state index in [2.05, 4.69) is 10.3 Å². The summed E-state index contributed by atoms with van der Waals surface area (Å²) in [4.78, 5) is 44.5. The SMILES string of the molecule is C[C@H](CO)N1C(=O)[C@@H]2[C@H]3C(=O)OCC=C[C@@]3(C)S[C@@]23C=CCN(Cn2nnc4ccccc42)C(=O)C13. The summed E-state index contributed by atoms with van der Waals surface area (Å²) in [7, 11) is 0. The normalized spacial score (nSPS) is 34.3. The van der Waals surface area contributed by atoms with Gasteiger partial charge in [0.25, 0.3) is 0 Å². The van der Waals surface area contributed by atoms with Crippen molar-refractivity contribution in [2.75, 3.05) is 19.8 Å². The molecule has 0 radical (unpaired) electrons. The molecule has 2 aromatic rings. The summed E-state index contributed by atoms with van der Waals surface area (Å²) in [6.45, 7) is 3.99. The van der Waals surface area contributed by atoms with Gasteiger partial charge < -0.3 is 19.6 Å². The number of hydrogen-bond donors (Lipinski definition) is 1. The van der Waals surface area contributed by atoms with Crippen LogP contribution in [0, 0.1) is 11.8 Å². The minimum atomic E-state index is -0.975. The Morgan fingerprint density at radius 2 is 1.97 bits per heavy atom. The Balaban J connectivity index is 1.44. The van der Waals surface area contributed by atoms with Crippen LogP contribution in [0.4, 0.5) is 0 Å². The van der Waals surface area contributed by atoms with E-state index in [1.165, 1.54) is 16.7 Å². The number of amides is 2. The first-order valence-electron chi connectivity index (χ1n) is 12.0. The number of para-hydroxylation sites is 1. The number of esters is 1. The van der Waals surface area contributed by atoms with Gasteiger partial charge in [0.15, 0.2) is 0 Å². The molecule has 1 unspecified atom stereocenters. The molecule has 1 spiro atoms. The van der Waals surface area contributed by atoms with Gasteiger partial charge in [-0.05, 0) is 32.1 Å². The Bertz CT molecular complexity index is 1320. The number of nitrogens with zero attached hydrogens (tertiary/aromatic N) is 5. The minimum Gasteiger partial charge on any atom is -0.461 e. The van der Waals surface area contributed by atoms with Crippen molar-refractivity contribution >= 4 is 40.6 Å². The van der Waals surface area contributed by atoms with Crippen molar-refractivity contribution in [3.05, 3.63) is 48.6 Å². The smallest absolute Gasteiger partial charge is 0.311 e. The number of aliphatic hydroxyl groups is 1. The van der Waals surface area contributed by atoms with Gasteiger partial charge in [-0.15, -0.1) is 16.9 Å². The molecule has 4 aliphatic rings. The highest BCUT2D eigenvalue weighted by molar-refractivity contribution is 8.02. The number of benzene rings is 1. The lowest BCUT2D eigenvalue weighted by atomic mass is 9.75. The molecule has 1 aromatic carbocycles. The number of likely N-dealkylation sites (tertiary alicyclic amines) is 1. The molecule has 6 atom stereocenters. The third kappa shape index (κ3) is 3.11. The van der Waals surface area contributed by atoms with E-state index in [0.29, 0.717) is 6.54 Å². The monoisotopic (exact) mass is 509 g/mol. The van der Waals surface area contributed by atoms with Crippen LogP contribution in [0.15, 0.2) is 48.6 Å². The molecule has 0 saturated carbocycles. The van der Waals surface area contributed by atoms with Crippen molar-refractivity contribution < 1.29 is 24.2 Å². The molecule has 1 aromatic heterocycles. The Morgan fingerprint density at radius 3 is 2.78 bits per heavy atom. The highest BCUT2D eigenvalue weighted by Crippen LogP contribution is 2.65. The molecule has 11 heteroatoms. The lowest BCUT2D eigenvalue weighted by Crippen LogP contribution is -2.56. The van der Waals surface area contributed by atoms with Gasteiger partial charge in [-0.2, -0.15) is 0 Å². The molecular weight excluding hydrogens is 482 g/mol. The number of ether oxygens (including phenoxy) is 1. The largest absolute Gasteiger partial charge is 0.461 e. The fourth-order valence-electron chi connectivity index (χ4n) is 6.21. The average molecular weight is 510 g/mol. The molecule has 2 amide bonds. The van der Waals surface area contributed by atoms with Crippen molar-refractivity contribution in [2.24, 2.45) is 11.8 Å². The van der Waals surface area contributed by atoms with E-state index in [-0.39, 0.29) is 31.7 Å². The number of carbonyl (C=O) groups is 3. The maximum atomic E-state index is 14.3. The van der Waals surface area contributed by atoms with Crippen molar-refractivity contribution in [3.8, 4) is 0 Å². The molecule has 1 N–H and O–H groups in total. The first-order valence-corrected chi connectivity index (χ1v) is 12.8. The number of hydrogen-bond acceptors (Lipinski definition) is 8. The van der Waals surface area contributed by atoms with Gasteiger partial charge in [0.2, 0.25) is 11.8 Å². The van der Waals surface area contributed by atoms with E-state index in [1.54, 1.807) is 22.6 Å². The maximum absolute atomic E-state index is 14.3. The summed E-state index contributed by atoms with van der Waals surface area (Å²) in [6, 6.07) is 6.03. The zero-order valence-corrected chi connectivity index (χ0v) is 20.8. The van der Waals surface area contributed by atoms with Gasteiger partial charge in [-0.3, -0.25) is 14.4 Å². The second-order valence-corrected chi connectivity index (χ2v) is 11.8. The lowest BCUT2D eigenvalue weighted by molar-refractivity contribution is -0.153. The van der Waals surface area contributed by atoms with Crippen molar-refractivity contribution in [3.63, 3.8) is 0 Å². The third-order valence-electron chi connectivity index (χ3n) is 7.80. The molecule has 2 fully saturated rings. The number of aromatic nitrogens is 3. The highest BCUT2D eigenvalue weighted by Gasteiger charge is 2.74. The molecule has 6 rings (SSSR count). The van der Waals surface area contributed by atoms with Gasteiger partial charge >= 0.3 is 5.97 Å². The van der Waals surface area contributed by atoms with E-state index in [4.69, 9.17) is 4.74 Å². The zero-order valence-electron chi connectivity index (χ0n) is 20.0. The Hall–Kier alpha value is -3.18. The van der Waals surface area contributed by atoms with Crippen molar-refractivity contribution in [1.29, 1.82) is 0 Å². The van der Waals surface area contributed by atoms with Crippen LogP contribution in [0.1, 0.15) is 13.8 Å². The average Bonchev–Trinajstić information content (AvgIpc) is 3.39. The second kappa shape index (κ2) is 8.17. The van der Waals surface area contributed by atoms with Gasteiger partial charge in [-0.1, -0.05) is 35.6 Å². The molecule has 36 heavy (non-hydrogen) atoms.